The lowest BCUT2D eigenvalue weighted by molar-refractivity contribution is -0.131. The SMILES string of the molecule is CC(=O)N(CC1=CCCN(C(C)C(N)=O)C1)C1CCCCC1. The number of nitrogens with two attached hydrogens (primary N) is 1. The molecule has 0 spiro atoms. The number of hydrogen-bond donors (Lipinski definition) is 1. The van der Waals surface area contributed by atoms with E-state index in [4.69, 9.17) is 5.73 Å². The third-order valence-corrected chi connectivity index (χ3v) is 5.01. The van der Waals surface area contributed by atoms with Gasteiger partial charge in [0.05, 0.1) is 6.04 Å². The molecule has 2 rings (SSSR count). The molecule has 1 heterocycles. The predicted octanol–water partition coefficient (Wildman–Crippen LogP) is 1.67. The Labute approximate surface area is 133 Å². The smallest absolute Gasteiger partial charge is 0.234 e. The molecule has 124 valence electrons. The summed E-state index contributed by atoms with van der Waals surface area (Å²) in [5.41, 5.74) is 6.65. The summed E-state index contributed by atoms with van der Waals surface area (Å²) in [6.07, 6.45) is 9.11. The molecule has 1 atom stereocenters. The summed E-state index contributed by atoms with van der Waals surface area (Å²) in [7, 11) is 0. The Morgan fingerprint density at radius 2 is 2.05 bits per heavy atom. The molecule has 0 aromatic rings. The van der Waals surface area contributed by atoms with Crippen molar-refractivity contribution in [3.05, 3.63) is 11.6 Å². The summed E-state index contributed by atoms with van der Waals surface area (Å²) in [6, 6.07) is 0.139. The highest BCUT2D eigenvalue weighted by atomic mass is 16.2. The quantitative estimate of drug-likeness (QED) is 0.786. The van der Waals surface area contributed by atoms with Gasteiger partial charge in [-0.25, -0.2) is 0 Å². The first-order valence-electron chi connectivity index (χ1n) is 8.47. The van der Waals surface area contributed by atoms with Crippen LogP contribution in [0.1, 0.15) is 52.4 Å². The highest BCUT2D eigenvalue weighted by molar-refractivity contribution is 5.79. The van der Waals surface area contributed by atoms with Crippen molar-refractivity contribution in [1.82, 2.24) is 9.80 Å². The van der Waals surface area contributed by atoms with Crippen molar-refractivity contribution >= 4 is 11.8 Å². The molecule has 1 fully saturated rings. The lowest BCUT2D eigenvalue weighted by Gasteiger charge is -2.37. The summed E-state index contributed by atoms with van der Waals surface area (Å²) in [5.74, 6) is -0.121. The molecule has 0 bridgehead atoms. The summed E-state index contributed by atoms with van der Waals surface area (Å²) in [6.45, 7) is 5.82. The van der Waals surface area contributed by atoms with Crippen molar-refractivity contribution in [2.75, 3.05) is 19.6 Å². The van der Waals surface area contributed by atoms with Crippen LogP contribution < -0.4 is 5.73 Å². The molecule has 1 saturated carbocycles. The van der Waals surface area contributed by atoms with E-state index in [2.05, 4.69) is 11.0 Å². The van der Waals surface area contributed by atoms with E-state index in [-0.39, 0.29) is 17.9 Å². The van der Waals surface area contributed by atoms with Gasteiger partial charge in [0.2, 0.25) is 11.8 Å². The monoisotopic (exact) mass is 307 g/mol. The molecule has 2 aliphatic rings. The van der Waals surface area contributed by atoms with Crippen LogP contribution in [0.5, 0.6) is 0 Å². The Morgan fingerprint density at radius 3 is 2.64 bits per heavy atom. The van der Waals surface area contributed by atoms with Gasteiger partial charge in [0.15, 0.2) is 0 Å². The van der Waals surface area contributed by atoms with Gasteiger partial charge in [-0.1, -0.05) is 25.3 Å². The van der Waals surface area contributed by atoms with Crippen LogP contribution >= 0.6 is 0 Å². The molecule has 5 nitrogen and oxygen atoms in total. The van der Waals surface area contributed by atoms with E-state index in [1.165, 1.54) is 24.8 Å². The van der Waals surface area contributed by atoms with Gasteiger partial charge >= 0.3 is 0 Å². The number of hydrogen-bond acceptors (Lipinski definition) is 3. The first kappa shape index (κ1) is 17.0. The highest BCUT2D eigenvalue weighted by Crippen LogP contribution is 2.24. The second-order valence-electron chi connectivity index (χ2n) is 6.64. The van der Waals surface area contributed by atoms with Crippen LogP contribution in [-0.2, 0) is 9.59 Å². The first-order chi connectivity index (χ1) is 10.5. The van der Waals surface area contributed by atoms with Crippen LogP contribution in [0.2, 0.25) is 0 Å². The molecule has 22 heavy (non-hydrogen) atoms. The van der Waals surface area contributed by atoms with Crippen LogP contribution in [-0.4, -0.2) is 53.3 Å². The largest absolute Gasteiger partial charge is 0.368 e. The molecular formula is C17H29N3O2. The molecule has 1 unspecified atom stereocenters. The van der Waals surface area contributed by atoms with E-state index >= 15 is 0 Å². The fourth-order valence-corrected chi connectivity index (χ4v) is 3.57. The van der Waals surface area contributed by atoms with Crippen molar-refractivity contribution in [2.24, 2.45) is 5.73 Å². The lowest BCUT2D eigenvalue weighted by Crippen LogP contribution is -2.47. The van der Waals surface area contributed by atoms with E-state index in [0.717, 1.165) is 32.4 Å². The Morgan fingerprint density at radius 1 is 1.36 bits per heavy atom. The average Bonchev–Trinajstić information content (AvgIpc) is 2.52. The van der Waals surface area contributed by atoms with Gasteiger partial charge in [-0.2, -0.15) is 0 Å². The molecule has 0 aromatic carbocycles. The third-order valence-electron chi connectivity index (χ3n) is 5.01. The van der Waals surface area contributed by atoms with Gasteiger partial charge in [0.1, 0.15) is 0 Å². The van der Waals surface area contributed by atoms with Crippen molar-refractivity contribution in [2.45, 2.75) is 64.5 Å². The van der Waals surface area contributed by atoms with E-state index in [0.29, 0.717) is 12.6 Å². The van der Waals surface area contributed by atoms with E-state index < -0.39 is 0 Å². The van der Waals surface area contributed by atoms with E-state index in [1.54, 1.807) is 6.92 Å². The van der Waals surface area contributed by atoms with Gasteiger partial charge in [0, 0.05) is 32.6 Å². The van der Waals surface area contributed by atoms with Gasteiger partial charge in [-0.15, -0.1) is 0 Å². The Balaban J connectivity index is 1.98. The van der Waals surface area contributed by atoms with E-state index in [9.17, 15) is 9.59 Å². The number of carbonyl (C=O) groups is 2. The van der Waals surface area contributed by atoms with Crippen LogP contribution in [0.15, 0.2) is 11.6 Å². The van der Waals surface area contributed by atoms with Gasteiger partial charge < -0.3 is 10.6 Å². The minimum atomic E-state index is -0.281. The normalized spacial score (nSPS) is 22.0. The summed E-state index contributed by atoms with van der Waals surface area (Å²) in [4.78, 5) is 27.6. The Kier molecular flexibility index (Phi) is 6.00. The first-order valence-corrected chi connectivity index (χ1v) is 8.47. The van der Waals surface area contributed by atoms with Crippen molar-refractivity contribution < 1.29 is 9.59 Å². The number of carbonyl (C=O) groups excluding carboxylic acids is 2. The third kappa shape index (κ3) is 4.32. The zero-order valence-electron chi connectivity index (χ0n) is 13.9. The van der Waals surface area contributed by atoms with Gasteiger partial charge in [0.25, 0.3) is 0 Å². The van der Waals surface area contributed by atoms with Crippen molar-refractivity contribution in [3.8, 4) is 0 Å². The molecule has 1 aliphatic carbocycles. The average molecular weight is 307 g/mol. The van der Waals surface area contributed by atoms with Crippen LogP contribution in [0.4, 0.5) is 0 Å². The van der Waals surface area contributed by atoms with Crippen LogP contribution in [0, 0.1) is 0 Å². The second kappa shape index (κ2) is 7.77. The van der Waals surface area contributed by atoms with E-state index in [1.807, 2.05) is 11.8 Å². The maximum Gasteiger partial charge on any atom is 0.234 e. The maximum absolute atomic E-state index is 12.1. The van der Waals surface area contributed by atoms with Gasteiger partial charge in [-0.05, 0) is 31.8 Å². The van der Waals surface area contributed by atoms with Gasteiger partial charge in [-0.3, -0.25) is 14.5 Å². The van der Waals surface area contributed by atoms with Crippen LogP contribution in [0.3, 0.4) is 0 Å². The number of nitrogens with zero attached hydrogens (tertiary/aromatic N) is 2. The highest BCUT2D eigenvalue weighted by Gasteiger charge is 2.27. The molecule has 0 saturated heterocycles. The summed E-state index contributed by atoms with van der Waals surface area (Å²) in [5, 5.41) is 0. The molecular weight excluding hydrogens is 278 g/mol. The minimum Gasteiger partial charge on any atom is -0.368 e. The molecule has 1 aliphatic heterocycles. The number of rotatable bonds is 5. The minimum absolute atomic E-state index is 0.160. The number of primary amides is 1. The molecule has 0 radical (unpaired) electrons. The maximum atomic E-state index is 12.1. The Hall–Kier alpha value is -1.36. The van der Waals surface area contributed by atoms with Crippen molar-refractivity contribution in [3.63, 3.8) is 0 Å². The summed E-state index contributed by atoms with van der Waals surface area (Å²) >= 11 is 0. The fraction of sp³-hybridized carbons (Fsp3) is 0.765. The van der Waals surface area contributed by atoms with Crippen LogP contribution in [0.25, 0.3) is 0 Å². The van der Waals surface area contributed by atoms with Crippen molar-refractivity contribution in [1.29, 1.82) is 0 Å². The summed E-state index contributed by atoms with van der Waals surface area (Å²) < 4.78 is 0. The molecule has 2 N–H and O–H groups in total. The second-order valence-corrected chi connectivity index (χ2v) is 6.64. The standard InChI is InChI=1S/C17H29N3O2/c1-13(17(18)22)19-10-6-7-15(11-19)12-20(14(2)21)16-8-4-3-5-9-16/h7,13,16H,3-6,8-12H2,1-2H3,(H2,18,22). The molecule has 2 amide bonds. The lowest BCUT2D eigenvalue weighted by atomic mass is 9.93. The topological polar surface area (TPSA) is 66.6 Å². The molecule has 5 heteroatoms. The number of amides is 2. The molecule has 0 aromatic heterocycles. The zero-order valence-corrected chi connectivity index (χ0v) is 13.9. The predicted molar refractivity (Wildman–Crippen MR) is 87.2 cm³/mol. The fourth-order valence-electron chi connectivity index (χ4n) is 3.57. The zero-order chi connectivity index (χ0) is 16.1. The Bertz CT molecular complexity index is 441.